The summed E-state index contributed by atoms with van der Waals surface area (Å²) >= 11 is 3.36. The molecule has 1 unspecified atom stereocenters. The first kappa shape index (κ1) is 13.3. The van der Waals surface area contributed by atoms with Crippen molar-refractivity contribution in [3.63, 3.8) is 0 Å². The number of halogens is 1. The molecule has 0 amide bonds. The molecule has 4 nitrogen and oxygen atoms in total. The van der Waals surface area contributed by atoms with Gasteiger partial charge in [0.15, 0.2) is 0 Å². The first-order valence-electron chi connectivity index (χ1n) is 4.79. The molecule has 0 radical (unpaired) electrons. The second kappa shape index (κ2) is 5.03. The van der Waals surface area contributed by atoms with Gasteiger partial charge in [-0.3, -0.25) is 0 Å². The van der Waals surface area contributed by atoms with Crippen LogP contribution in [0.1, 0.15) is 12.5 Å². The summed E-state index contributed by atoms with van der Waals surface area (Å²) in [5.74, 6) is 1.35. The van der Waals surface area contributed by atoms with Crippen LogP contribution in [0.3, 0.4) is 0 Å². The molecule has 1 aromatic carbocycles. The average molecular weight is 290 g/mol. The molecule has 16 heavy (non-hydrogen) atoms. The maximum absolute atomic E-state index is 9.59. The predicted molar refractivity (Wildman–Crippen MR) is 65.8 cm³/mol. The van der Waals surface area contributed by atoms with Crippen LogP contribution in [0.5, 0.6) is 11.5 Å². The van der Waals surface area contributed by atoms with Gasteiger partial charge in [0.05, 0.1) is 18.7 Å². The average Bonchev–Trinajstić information content (AvgIpc) is 2.18. The molecular formula is C11H16BrNO3. The van der Waals surface area contributed by atoms with E-state index < -0.39 is 5.72 Å². The van der Waals surface area contributed by atoms with Gasteiger partial charge in [-0.25, -0.2) is 0 Å². The Morgan fingerprint density at radius 2 is 1.88 bits per heavy atom. The predicted octanol–water partition coefficient (Wildman–Crippen LogP) is 1.68. The van der Waals surface area contributed by atoms with Crippen LogP contribution < -0.4 is 15.2 Å². The number of nitrogens with two attached hydrogens (primary N) is 1. The molecule has 0 saturated carbocycles. The molecular weight excluding hydrogens is 274 g/mol. The zero-order valence-electron chi connectivity index (χ0n) is 9.58. The summed E-state index contributed by atoms with van der Waals surface area (Å²) in [4.78, 5) is 0. The monoisotopic (exact) mass is 289 g/mol. The van der Waals surface area contributed by atoms with Crippen LogP contribution in [0.15, 0.2) is 16.6 Å². The highest BCUT2D eigenvalue weighted by Crippen LogP contribution is 2.33. The molecule has 90 valence electrons. The number of benzene rings is 1. The standard InChI is InChI=1S/C11H16BrNO3/c1-11(13,14)6-7-4-10(16-3)8(12)5-9(7)15-2/h4-5,14H,6,13H2,1-3H3. The maximum Gasteiger partial charge on any atom is 0.133 e. The van der Waals surface area contributed by atoms with E-state index in [0.717, 1.165) is 10.0 Å². The molecule has 1 aromatic rings. The van der Waals surface area contributed by atoms with Crippen molar-refractivity contribution in [1.29, 1.82) is 0 Å². The number of rotatable bonds is 4. The Balaban J connectivity index is 3.15. The molecule has 0 spiro atoms. The Labute approximate surface area is 103 Å². The van der Waals surface area contributed by atoms with Crippen LogP contribution in [-0.4, -0.2) is 25.1 Å². The van der Waals surface area contributed by atoms with E-state index in [0.29, 0.717) is 17.9 Å². The Morgan fingerprint density at radius 3 is 2.31 bits per heavy atom. The lowest BCUT2D eigenvalue weighted by molar-refractivity contribution is 0.0669. The van der Waals surface area contributed by atoms with E-state index in [1.165, 1.54) is 0 Å². The summed E-state index contributed by atoms with van der Waals surface area (Å²) in [5, 5.41) is 9.59. The van der Waals surface area contributed by atoms with E-state index in [2.05, 4.69) is 15.9 Å². The minimum absolute atomic E-state index is 0.291. The molecule has 0 aliphatic rings. The summed E-state index contributed by atoms with van der Waals surface area (Å²) < 4.78 is 11.2. The topological polar surface area (TPSA) is 64.7 Å². The largest absolute Gasteiger partial charge is 0.496 e. The van der Waals surface area contributed by atoms with Gasteiger partial charge in [0.25, 0.3) is 0 Å². The van der Waals surface area contributed by atoms with Crippen molar-refractivity contribution in [3.05, 3.63) is 22.2 Å². The molecule has 0 heterocycles. The van der Waals surface area contributed by atoms with Gasteiger partial charge in [-0.15, -0.1) is 0 Å². The van der Waals surface area contributed by atoms with Crippen molar-refractivity contribution in [3.8, 4) is 11.5 Å². The Hall–Kier alpha value is -0.780. The van der Waals surface area contributed by atoms with E-state index in [4.69, 9.17) is 15.2 Å². The minimum Gasteiger partial charge on any atom is -0.496 e. The fourth-order valence-electron chi connectivity index (χ4n) is 1.45. The van der Waals surface area contributed by atoms with Gasteiger partial charge < -0.3 is 20.3 Å². The molecule has 0 saturated heterocycles. The van der Waals surface area contributed by atoms with Crippen molar-refractivity contribution < 1.29 is 14.6 Å². The highest BCUT2D eigenvalue weighted by molar-refractivity contribution is 9.10. The van der Waals surface area contributed by atoms with Crippen molar-refractivity contribution >= 4 is 15.9 Å². The normalized spacial score (nSPS) is 14.4. The fourth-order valence-corrected chi connectivity index (χ4v) is 1.93. The van der Waals surface area contributed by atoms with Crippen LogP contribution >= 0.6 is 15.9 Å². The van der Waals surface area contributed by atoms with Gasteiger partial charge in [-0.05, 0) is 35.0 Å². The third kappa shape index (κ3) is 3.37. The van der Waals surface area contributed by atoms with E-state index in [9.17, 15) is 5.11 Å². The second-order valence-electron chi connectivity index (χ2n) is 3.83. The van der Waals surface area contributed by atoms with E-state index >= 15 is 0 Å². The van der Waals surface area contributed by atoms with Crippen LogP contribution in [0, 0.1) is 0 Å². The summed E-state index contributed by atoms with van der Waals surface area (Å²) in [7, 11) is 3.15. The minimum atomic E-state index is -1.27. The molecule has 1 atom stereocenters. The first-order chi connectivity index (χ1) is 7.37. The van der Waals surface area contributed by atoms with Gasteiger partial charge in [-0.2, -0.15) is 0 Å². The quantitative estimate of drug-likeness (QED) is 0.828. The molecule has 1 rings (SSSR count). The SMILES string of the molecule is COc1cc(CC(C)(N)O)c(OC)cc1Br. The zero-order valence-corrected chi connectivity index (χ0v) is 11.2. The molecule has 3 N–H and O–H groups in total. The summed E-state index contributed by atoms with van der Waals surface area (Å²) in [6.07, 6.45) is 0.291. The van der Waals surface area contributed by atoms with Gasteiger partial charge in [-0.1, -0.05) is 0 Å². The Kier molecular flexibility index (Phi) is 4.18. The second-order valence-corrected chi connectivity index (χ2v) is 4.69. The van der Waals surface area contributed by atoms with Crippen LogP contribution in [0.4, 0.5) is 0 Å². The lowest BCUT2D eigenvalue weighted by Gasteiger charge is -2.20. The number of hydrogen-bond donors (Lipinski definition) is 2. The fraction of sp³-hybridized carbons (Fsp3) is 0.455. The Bertz CT molecular complexity index is 374. The first-order valence-corrected chi connectivity index (χ1v) is 5.58. The summed E-state index contributed by atoms with van der Waals surface area (Å²) in [5.41, 5.74) is 5.10. The van der Waals surface area contributed by atoms with Gasteiger partial charge in [0.2, 0.25) is 0 Å². The molecule has 0 fully saturated rings. The zero-order chi connectivity index (χ0) is 12.3. The molecule has 0 bridgehead atoms. The maximum atomic E-state index is 9.59. The highest BCUT2D eigenvalue weighted by atomic mass is 79.9. The molecule has 0 aliphatic carbocycles. The third-order valence-corrected chi connectivity index (χ3v) is 2.72. The number of methoxy groups -OCH3 is 2. The van der Waals surface area contributed by atoms with Gasteiger partial charge >= 0.3 is 0 Å². The highest BCUT2D eigenvalue weighted by Gasteiger charge is 2.18. The Morgan fingerprint density at radius 1 is 1.31 bits per heavy atom. The van der Waals surface area contributed by atoms with E-state index in [-0.39, 0.29) is 0 Å². The van der Waals surface area contributed by atoms with Gasteiger partial charge in [0, 0.05) is 12.0 Å². The molecule has 0 aliphatic heterocycles. The van der Waals surface area contributed by atoms with Crippen LogP contribution in [0.2, 0.25) is 0 Å². The number of ether oxygens (including phenoxy) is 2. The van der Waals surface area contributed by atoms with Crippen molar-refractivity contribution in [2.75, 3.05) is 14.2 Å². The summed E-state index contributed by atoms with van der Waals surface area (Å²) in [6.45, 7) is 1.54. The number of hydrogen-bond acceptors (Lipinski definition) is 4. The third-order valence-electron chi connectivity index (χ3n) is 2.10. The van der Waals surface area contributed by atoms with Gasteiger partial charge in [0.1, 0.15) is 17.2 Å². The van der Waals surface area contributed by atoms with Crippen molar-refractivity contribution in [2.24, 2.45) is 5.73 Å². The van der Waals surface area contributed by atoms with Crippen molar-refractivity contribution in [1.82, 2.24) is 0 Å². The lowest BCUT2D eigenvalue weighted by atomic mass is 10.0. The van der Waals surface area contributed by atoms with Crippen molar-refractivity contribution in [2.45, 2.75) is 19.1 Å². The van der Waals surface area contributed by atoms with E-state index in [1.807, 2.05) is 0 Å². The smallest absolute Gasteiger partial charge is 0.133 e. The number of aliphatic hydroxyl groups is 1. The van der Waals surface area contributed by atoms with Crippen LogP contribution in [-0.2, 0) is 6.42 Å². The summed E-state index contributed by atoms with van der Waals surface area (Å²) in [6, 6.07) is 3.59. The molecule has 5 heteroatoms. The molecule has 0 aromatic heterocycles. The van der Waals surface area contributed by atoms with Crippen LogP contribution in [0.25, 0.3) is 0 Å². The lowest BCUT2D eigenvalue weighted by Crippen LogP contribution is -2.38. The van der Waals surface area contributed by atoms with E-state index in [1.54, 1.807) is 33.3 Å².